The standard InChI is InChI=1S/C15H18ClN3O4S/c1-19-12(5-7-17-19)13-9-10(6-8-23-13)18-24(21,22)14-4-2-3-11(16)15(14)20/h2-5,7,10,13,18,20H,6,8-9H2,1H3. The van der Waals surface area contributed by atoms with Crippen LogP contribution in [0.5, 0.6) is 5.75 Å². The summed E-state index contributed by atoms with van der Waals surface area (Å²) in [5.41, 5.74) is 0.893. The van der Waals surface area contributed by atoms with Gasteiger partial charge in [-0.25, -0.2) is 13.1 Å². The normalized spacial score (nSPS) is 21.8. The second-order valence-corrected chi connectivity index (χ2v) is 7.76. The van der Waals surface area contributed by atoms with Crippen LogP contribution in [0, 0.1) is 0 Å². The summed E-state index contributed by atoms with van der Waals surface area (Å²) < 4.78 is 35.2. The lowest BCUT2D eigenvalue weighted by Gasteiger charge is -2.30. The topological polar surface area (TPSA) is 93.5 Å². The van der Waals surface area contributed by atoms with Crippen LogP contribution in [0.2, 0.25) is 5.02 Å². The van der Waals surface area contributed by atoms with Crippen molar-refractivity contribution in [2.45, 2.75) is 29.9 Å². The van der Waals surface area contributed by atoms with Crippen molar-refractivity contribution in [1.82, 2.24) is 14.5 Å². The highest BCUT2D eigenvalue weighted by molar-refractivity contribution is 7.89. The minimum Gasteiger partial charge on any atom is -0.505 e. The molecular weight excluding hydrogens is 354 g/mol. The van der Waals surface area contributed by atoms with Gasteiger partial charge in [-0.05, 0) is 31.0 Å². The first-order valence-corrected chi connectivity index (χ1v) is 9.34. The van der Waals surface area contributed by atoms with Gasteiger partial charge in [0.1, 0.15) is 11.0 Å². The molecule has 2 heterocycles. The Balaban J connectivity index is 1.77. The molecule has 0 bridgehead atoms. The van der Waals surface area contributed by atoms with E-state index in [9.17, 15) is 13.5 Å². The molecule has 130 valence electrons. The molecule has 9 heteroatoms. The summed E-state index contributed by atoms with van der Waals surface area (Å²) in [7, 11) is -2.06. The highest BCUT2D eigenvalue weighted by atomic mass is 35.5. The van der Waals surface area contributed by atoms with Crippen molar-refractivity contribution in [2.75, 3.05) is 6.61 Å². The average Bonchev–Trinajstić information content (AvgIpc) is 2.96. The minimum absolute atomic E-state index is 0.00221. The molecule has 0 amide bonds. The number of aryl methyl sites for hydroxylation is 1. The molecule has 3 rings (SSSR count). The average molecular weight is 372 g/mol. The second-order valence-electron chi connectivity index (χ2n) is 5.67. The smallest absolute Gasteiger partial charge is 0.244 e. The van der Waals surface area contributed by atoms with Gasteiger partial charge in [0.15, 0.2) is 5.75 Å². The lowest BCUT2D eigenvalue weighted by Crippen LogP contribution is -2.40. The van der Waals surface area contributed by atoms with Crippen LogP contribution in [0.3, 0.4) is 0 Å². The number of phenolic OH excluding ortho intramolecular Hbond substituents is 1. The van der Waals surface area contributed by atoms with E-state index in [2.05, 4.69) is 9.82 Å². The van der Waals surface area contributed by atoms with Gasteiger partial charge < -0.3 is 9.84 Å². The molecule has 0 saturated carbocycles. The van der Waals surface area contributed by atoms with Gasteiger partial charge in [0.25, 0.3) is 0 Å². The third kappa shape index (κ3) is 3.41. The Bertz CT molecular complexity index is 837. The number of sulfonamides is 1. The van der Waals surface area contributed by atoms with Gasteiger partial charge in [-0.3, -0.25) is 4.68 Å². The Hall–Kier alpha value is -1.61. The van der Waals surface area contributed by atoms with Crippen molar-refractivity contribution in [3.63, 3.8) is 0 Å². The summed E-state index contributed by atoms with van der Waals surface area (Å²) in [6.45, 7) is 0.435. The number of rotatable bonds is 4. The van der Waals surface area contributed by atoms with Crippen LogP contribution >= 0.6 is 11.6 Å². The Labute approximate surface area is 145 Å². The summed E-state index contributed by atoms with van der Waals surface area (Å²) in [6.07, 6.45) is 2.48. The fraction of sp³-hybridized carbons (Fsp3) is 0.400. The number of benzene rings is 1. The predicted molar refractivity (Wildman–Crippen MR) is 88.4 cm³/mol. The molecule has 2 N–H and O–H groups in total. The number of hydrogen-bond donors (Lipinski definition) is 2. The zero-order valence-electron chi connectivity index (χ0n) is 13.0. The summed E-state index contributed by atoms with van der Waals surface area (Å²) >= 11 is 5.80. The van der Waals surface area contributed by atoms with Crippen molar-refractivity contribution in [1.29, 1.82) is 0 Å². The number of phenols is 1. The maximum absolute atomic E-state index is 12.5. The van der Waals surface area contributed by atoms with E-state index >= 15 is 0 Å². The van der Waals surface area contributed by atoms with E-state index in [1.54, 1.807) is 10.9 Å². The first-order valence-electron chi connectivity index (χ1n) is 7.48. The number of nitrogens with zero attached hydrogens (tertiary/aromatic N) is 2. The molecule has 0 radical (unpaired) electrons. The number of aromatic hydroxyl groups is 1. The molecule has 2 unspecified atom stereocenters. The molecule has 1 aromatic carbocycles. The van der Waals surface area contributed by atoms with Crippen LogP contribution in [0.25, 0.3) is 0 Å². The number of nitrogens with one attached hydrogen (secondary N) is 1. The monoisotopic (exact) mass is 371 g/mol. The molecule has 1 saturated heterocycles. The Morgan fingerprint density at radius 2 is 2.21 bits per heavy atom. The number of ether oxygens (including phenoxy) is 1. The fourth-order valence-electron chi connectivity index (χ4n) is 2.81. The van der Waals surface area contributed by atoms with Crippen LogP contribution < -0.4 is 4.72 Å². The number of aromatic nitrogens is 2. The van der Waals surface area contributed by atoms with E-state index < -0.39 is 15.8 Å². The van der Waals surface area contributed by atoms with Gasteiger partial charge in [0.05, 0.1) is 10.7 Å². The van der Waals surface area contributed by atoms with E-state index in [1.807, 2.05) is 13.1 Å². The molecule has 0 aliphatic carbocycles. The van der Waals surface area contributed by atoms with Crippen LogP contribution in [0.1, 0.15) is 24.6 Å². The van der Waals surface area contributed by atoms with Gasteiger partial charge in [0, 0.05) is 25.9 Å². The van der Waals surface area contributed by atoms with E-state index in [0.717, 1.165) is 5.69 Å². The van der Waals surface area contributed by atoms with Crippen molar-refractivity contribution in [3.8, 4) is 5.75 Å². The van der Waals surface area contributed by atoms with E-state index in [1.165, 1.54) is 18.2 Å². The molecule has 1 aliphatic heterocycles. The number of halogens is 1. The van der Waals surface area contributed by atoms with Crippen LogP contribution in [0.15, 0.2) is 35.4 Å². The van der Waals surface area contributed by atoms with E-state index in [-0.39, 0.29) is 22.1 Å². The largest absolute Gasteiger partial charge is 0.505 e. The van der Waals surface area contributed by atoms with Crippen LogP contribution in [-0.4, -0.2) is 36.0 Å². The Kier molecular flexibility index (Phi) is 4.82. The quantitative estimate of drug-likeness (QED) is 0.857. The van der Waals surface area contributed by atoms with Gasteiger partial charge in [0.2, 0.25) is 10.0 Å². The lowest BCUT2D eigenvalue weighted by molar-refractivity contribution is -0.000587. The maximum atomic E-state index is 12.5. The predicted octanol–water partition coefficient (Wildman–Crippen LogP) is 1.98. The minimum atomic E-state index is -3.88. The zero-order chi connectivity index (χ0) is 17.3. The molecule has 2 atom stereocenters. The number of hydrogen-bond acceptors (Lipinski definition) is 5. The molecule has 1 aliphatic rings. The van der Waals surface area contributed by atoms with Gasteiger partial charge in [-0.2, -0.15) is 5.10 Å². The number of para-hydroxylation sites is 1. The first-order chi connectivity index (χ1) is 11.4. The summed E-state index contributed by atoms with van der Waals surface area (Å²) in [5.74, 6) is -0.443. The van der Waals surface area contributed by atoms with Gasteiger partial charge in [-0.15, -0.1) is 0 Å². The molecule has 1 aromatic heterocycles. The SMILES string of the molecule is Cn1nccc1C1CC(NS(=O)(=O)c2cccc(Cl)c2O)CCO1. The molecule has 24 heavy (non-hydrogen) atoms. The van der Waals surface area contributed by atoms with Crippen molar-refractivity contribution < 1.29 is 18.3 Å². The second kappa shape index (κ2) is 6.72. The molecule has 2 aromatic rings. The van der Waals surface area contributed by atoms with Crippen LogP contribution in [0.4, 0.5) is 0 Å². The van der Waals surface area contributed by atoms with Gasteiger partial charge >= 0.3 is 0 Å². The van der Waals surface area contributed by atoms with Crippen molar-refractivity contribution in [3.05, 3.63) is 41.2 Å². The van der Waals surface area contributed by atoms with E-state index in [0.29, 0.717) is 19.4 Å². The van der Waals surface area contributed by atoms with Crippen molar-refractivity contribution in [2.24, 2.45) is 7.05 Å². The third-order valence-corrected chi connectivity index (χ3v) is 5.89. The van der Waals surface area contributed by atoms with Crippen LogP contribution in [-0.2, 0) is 21.8 Å². The highest BCUT2D eigenvalue weighted by Gasteiger charge is 2.30. The van der Waals surface area contributed by atoms with Gasteiger partial charge in [-0.1, -0.05) is 17.7 Å². The maximum Gasteiger partial charge on any atom is 0.244 e. The lowest BCUT2D eigenvalue weighted by atomic mass is 10.0. The zero-order valence-corrected chi connectivity index (χ0v) is 14.6. The molecular formula is C15H18ClN3O4S. The summed E-state index contributed by atoms with van der Waals surface area (Å²) in [4.78, 5) is -0.224. The molecule has 1 fully saturated rings. The summed E-state index contributed by atoms with van der Waals surface area (Å²) in [6, 6.07) is 5.79. The summed E-state index contributed by atoms with van der Waals surface area (Å²) in [5, 5.41) is 14.0. The molecule has 0 spiro atoms. The van der Waals surface area contributed by atoms with E-state index in [4.69, 9.17) is 16.3 Å². The van der Waals surface area contributed by atoms with Crippen molar-refractivity contribution >= 4 is 21.6 Å². The third-order valence-electron chi connectivity index (χ3n) is 4.03. The Morgan fingerprint density at radius 3 is 2.92 bits per heavy atom. The highest BCUT2D eigenvalue weighted by Crippen LogP contribution is 2.32. The molecule has 7 nitrogen and oxygen atoms in total. The Morgan fingerprint density at radius 1 is 1.42 bits per heavy atom. The first kappa shape index (κ1) is 17.2. The fourth-order valence-corrected chi connectivity index (χ4v) is 4.44.